The molecule has 1 aromatic rings. The first-order chi connectivity index (χ1) is 7.98. The molecule has 0 aliphatic heterocycles. The molecular weight excluding hydrogens is 242 g/mol. The molecule has 1 rings (SSSR count). The van der Waals surface area contributed by atoms with E-state index in [2.05, 4.69) is 5.92 Å². The number of amides is 1. The summed E-state index contributed by atoms with van der Waals surface area (Å²) >= 11 is 5.91. The highest BCUT2D eigenvalue weighted by molar-refractivity contribution is 6.23. The summed E-state index contributed by atoms with van der Waals surface area (Å²) in [5, 5.41) is 20.1. The maximum Gasteiger partial charge on any atom is 0.213 e. The van der Waals surface area contributed by atoms with Crippen LogP contribution in [0.4, 0.5) is 0 Å². The summed E-state index contributed by atoms with van der Waals surface area (Å²) in [6, 6.07) is 8.03. The lowest BCUT2D eigenvalue weighted by atomic mass is 9.95. The number of aliphatic hydroxyl groups is 2. The number of alkyl halides is 1. The van der Waals surface area contributed by atoms with E-state index in [4.69, 9.17) is 18.0 Å². The van der Waals surface area contributed by atoms with Gasteiger partial charge in [0, 0.05) is 5.56 Å². The molecule has 0 spiro atoms. The van der Waals surface area contributed by atoms with Crippen molar-refractivity contribution in [2.45, 2.75) is 17.2 Å². The fraction of sp³-hybridized carbons (Fsp3) is 0.250. The van der Waals surface area contributed by atoms with Crippen LogP contribution in [0.2, 0.25) is 0 Å². The highest BCUT2D eigenvalue weighted by Crippen LogP contribution is 2.37. The van der Waals surface area contributed by atoms with E-state index < -0.39 is 10.8 Å². The van der Waals surface area contributed by atoms with E-state index in [9.17, 15) is 15.0 Å². The van der Waals surface area contributed by atoms with Crippen LogP contribution in [-0.2, 0) is 9.85 Å². The predicted molar refractivity (Wildman–Crippen MR) is 63.8 cm³/mol. The fourth-order valence-corrected chi connectivity index (χ4v) is 1.65. The number of halogens is 1. The Morgan fingerprint density at radius 1 is 1.41 bits per heavy atom. The Labute approximate surface area is 104 Å². The van der Waals surface area contributed by atoms with Gasteiger partial charge in [0.25, 0.3) is 0 Å². The first-order valence-electron chi connectivity index (χ1n) is 4.82. The van der Waals surface area contributed by atoms with Gasteiger partial charge < -0.3 is 15.5 Å². The summed E-state index contributed by atoms with van der Waals surface area (Å²) in [5.74, 6) is 2.15. The van der Waals surface area contributed by atoms with Gasteiger partial charge in [0.1, 0.15) is 0 Å². The number of hydrogen-bond donors (Lipinski definition) is 3. The molecule has 0 radical (unpaired) electrons. The normalized spacial score (nSPS) is 17.3. The largest absolute Gasteiger partial charge is 0.367 e. The van der Waals surface area contributed by atoms with Crippen molar-refractivity contribution in [2.24, 2.45) is 0 Å². The van der Waals surface area contributed by atoms with Crippen molar-refractivity contribution in [1.29, 1.82) is 0 Å². The molecule has 90 valence electrons. The second-order valence-electron chi connectivity index (χ2n) is 3.49. The van der Waals surface area contributed by atoms with Crippen LogP contribution in [0.15, 0.2) is 30.3 Å². The SMILES string of the molecule is C#CCC(O)(NC=O)C(O)(Cl)c1ccccc1. The fourth-order valence-electron chi connectivity index (χ4n) is 1.41. The third-order valence-electron chi connectivity index (χ3n) is 2.36. The van der Waals surface area contributed by atoms with Crippen LogP contribution in [0.5, 0.6) is 0 Å². The van der Waals surface area contributed by atoms with Gasteiger partial charge in [-0.2, -0.15) is 0 Å². The molecule has 2 atom stereocenters. The van der Waals surface area contributed by atoms with Crippen molar-refractivity contribution < 1.29 is 15.0 Å². The van der Waals surface area contributed by atoms with Crippen LogP contribution in [0.25, 0.3) is 0 Å². The minimum Gasteiger partial charge on any atom is -0.367 e. The summed E-state index contributed by atoms with van der Waals surface area (Å²) in [7, 11) is 0. The Morgan fingerprint density at radius 3 is 2.47 bits per heavy atom. The first-order valence-corrected chi connectivity index (χ1v) is 5.20. The zero-order chi connectivity index (χ0) is 12.9. The number of carbonyl (C=O) groups is 1. The molecule has 4 nitrogen and oxygen atoms in total. The van der Waals surface area contributed by atoms with Gasteiger partial charge in [-0.1, -0.05) is 41.9 Å². The summed E-state index contributed by atoms with van der Waals surface area (Å²) in [4.78, 5) is 10.5. The van der Waals surface area contributed by atoms with Crippen LogP contribution in [0.1, 0.15) is 12.0 Å². The van der Waals surface area contributed by atoms with Crippen molar-refractivity contribution >= 4 is 18.0 Å². The van der Waals surface area contributed by atoms with Crippen LogP contribution in [0.3, 0.4) is 0 Å². The van der Waals surface area contributed by atoms with E-state index in [0.29, 0.717) is 0 Å². The summed E-state index contributed by atoms with van der Waals surface area (Å²) in [6.07, 6.45) is 4.98. The molecule has 0 saturated heterocycles. The third kappa shape index (κ3) is 2.59. The molecule has 3 N–H and O–H groups in total. The average Bonchev–Trinajstić information content (AvgIpc) is 2.30. The van der Waals surface area contributed by atoms with E-state index in [0.717, 1.165) is 0 Å². The van der Waals surface area contributed by atoms with Crippen LogP contribution in [0, 0.1) is 12.3 Å². The Hall–Kier alpha value is -1.54. The Balaban J connectivity index is 3.17. The molecule has 0 fully saturated rings. The molecule has 1 amide bonds. The van der Waals surface area contributed by atoms with Crippen molar-refractivity contribution in [3.8, 4) is 12.3 Å². The van der Waals surface area contributed by atoms with Crippen molar-refractivity contribution in [1.82, 2.24) is 5.32 Å². The molecule has 0 aliphatic carbocycles. The Kier molecular flexibility index (Phi) is 4.13. The summed E-state index contributed by atoms with van der Waals surface area (Å²) < 4.78 is 0. The standard InChI is InChI=1S/C12H12ClNO3/c1-2-8-11(16,14-9-15)12(13,17)10-6-4-3-5-7-10/h1,3-7,9,16-17H,8H2,(H,14,15). The lowest BCUT2D eigenvalue weighted by molar-refractivity contribution is -0.141. The van der Waals surface area contributed by atoms with Gasteiger partial charge in [0.05, 0.1) is 6.42 Å². The Morgan fingerprint density at radius 2 is 2.00 bits per heavy atom. The van der Waals surface area contributed by atoms with E-state index >= 15 is 0 Å². The topological polar surface area (TPSA) is 69.6 Å². The van der Waals surface area contributed by atoms with Gasteiger partial charge in [-0.05, 0) is 0 Å². The van der Waals surface area contributed by atoms with Gasteiger partial charge in [-0.3, -0.25) is 4.79 Å². The minimum absolute atomic E-state index is 0.230. The van der Waals surface area contributed by atoms with E-state index in [1.807, 2.05) is 5.32 Å². The number of carbonyl (C=O) groups excluding carboxylic acids is 1. The third-order valence-corrected chi connectivity index (χ3v) is 2.89. The molecule has 0 heterocycles. The first kappa shape index (κ1) is 13.5. The maximum absolute atomic E-state index is 10.5. The molecule has 5 heteroatoms. The van der Waals surface area contributed by atoms with Gasteiger partial charge in [-0.15, -0.1) is 12.3 Å². The van der Waals surface area contributed by atoms with Gasteiger partial charge in [0.15, 0.2) is 5.72 Å². The summed E-state index contributed by atoms with van der Waals surface area (Å²) in [5.41, 5.74) is -1.90. The quantitative estimate of drug-likeness (QED) is 0.310. The van der Waals surface area contributed by atoms with Crippen LogP contribution < -0.4 is 5.32 Å². The molecule has 0 aliphatic rings. The number of benzene rings is 1. The predicted octanol–water partition coefficient (Wildman–Crippen LogP) is 0.528. The number of hydrogen-bond acceptors (Lipinski definition) is 3. The van der Waals surface area contributed by atoms with Crippen LogP contribution in [-0.4, -0.2) is 22.3 Å². The second kappa shape index (κ2) is 5.19. The summed E-state index contributed by atoms with van der Waals surface area (Å²) in [6.45, 7) is 0. The lowest BCUT2D eigenvalue weighted by Gasteiger charge is -2.37. The van der Waals surface area contributed by atoms with Gasteiger partial charge >= 0.3 is 0 Å². The highest BCUT2D eigenvalue weighted by atomic mass is 35.5. The lowest BCUT2D eigenvalue weighted by Crippen LogP contribution is -2.58. The highest BCUT2D eigenvalue weighted by Gasteiger charge is 2.49. The molecule has 0 saturated carbocycles. The van der Waals surface area contributed by atoms with E-state index in [-0.39, 0.29) is 18.4 Å². The van der Waals surface area contributed by atoms with Gasteiger partial charge in [0.2, 0.25) is 11.5 Å². The molecular formula is C12H12ClNO3. The van der Waals surface area contributed by atoms with Crippen molar-refractivity contribution in [3.05, 3.63) is 35.9 Å². The molecule has 17 heavy (non-hydrogen) atoms. The second-order valence-corrected chi connectivity index (χ2v) is 4.04. The monoisotopic (exact) mass is 253 g/mol. The molecule has 0 bridgehead atoms. The maximum atomic E-state index is 10.5. The number of terminal acetylenes is 1. The average molecular weight is 254 g/mol. The number of rotatable bonds is 5. The Bertz CT molecular complexity index is 427. The molecule has 2 unspecified atom stereocenters. The van der Waals surface area contributed by atoms with Crippen molar-refractivity contribution in [2.75, 3.05) is 0 Å². The minimum atomic E-state index is -2.21. The van der Waals surface area contributed by atoms with Crippen LogP contribution >= 0.6 is 11.6 Å². The van der Waals surface area contributed by atoms with E-state index in [1.54, 1.807) is 18.2 Å². The smallest absolute Gasteiger partial charge is 0.213 e. The zero-order valence-electron chi connectivity index (χ0n) is 8.93. The van der Waals surface area contributed by atoms with Crippen molar-refractivity contribution in [3.63, 3.8) is 0 Å². The van der Waals surface area contributed by atoms with E-state index in [1.165, 1.54) is 12.1 Å². The molecule has 1 aromatic carbocycles. The molecule has 0 aromatic heterocycles. The number of nitrogens with one attached hydrogen (secondary N) is 1. The van der Waals surface area contributed by atoms with Gasteiger partial charge in [-0.25, -0.2) is 0 Å². The zero-order valence-corrected chi connectivity index (χ0v) is 9.69.